The van der Waals surface area contributed by atoms with Crippen LogP contribution < -0.4 is 5.32 Å². The lowest BCUT2D eigenvalue weighted by molar-refractivity contribution is 0.0949. The first-order valence-corrected chi connectivity index (χ1v) is 5.64. The second-order valence-corrected chi connectivity index (χ2v) is 3.76. The third-order valence-electron chi connectivity index (χ3n) is 2.46. The number of rotatable bonds is 4. The van der Waals surface area contributed by atoms with Crippen molar-refractivity contribution in [3.8, 4) is 5.82 Å². The number of hydrogen-bond acceptors (Lipinski definition) is 7. The van der Waals surface area contributed by atoms with Crippen molar-refractivity contribution in [1.82, 2.24) is 45.7 Å². The van der Waals surface area contributed by atoms with Crippen LogP contribution in [0.5, 0.6) is 0 Å². The van der Waals surface area contributed by atoms with E-state index in [-0.39, 0.29) is 12.5 Å². The number of carbonyl (C=O) groups excluding carboxylic acids is 1. The minimum atomic E-state index is -0.271. The van der Waals surface area contributed by atoms with Crippen LogP contribution in [0, 0.1) is 0 Å². The maximum Gasteiger partial charge on any atom is 0.253 e. The van der Waals surface area contributed by atoms with E-state index in [2.05, 4.69) is 41.0 Å². The molecular weight excluding hydrogens is 262 g/mol. The zero-order valence-electron chi connectivity index (χ0n) is 10.1. The molecule has 0 aliphatic heterocycles. The van der Waals surface area contributed by atoms with E-state index in [0.29, 0.717) is 17.2 Å². The largest absolute Gasteiger partial charge is 0.345 e. The standard InChI is InChI=1S/C10H9N9O/c20-10(13-4-8-15-17-18-16-8)7-1-2-9(12-3-7)19-6-11-5-14-19/h1-3,5-6H,4H2,(H,13,20)(H,15,16,17,18). The molecule has 3 heterocycles. The summed E-state index contributed by atoms with van der Waals surface area (Å²) in [5, 5.41) is 19.8. The van der Waals surface area contributed by atoms with Crippen molar-refractivity contribution in [3.05, 3.63) is 42.4 Å². The van der Waals surface area contributed by atoms with Crippen LogP contribution in [-0.4, -0.2) is 46.3 Å². The molecule has 1 amide bonds. The number of hydrogen-bond donors (Lipinski definition) is 2. The summed E-state index contributed by atoms with van der Waals surface area (Å²) in [6.45, 7) is 0.195. The molecule has 20 heavy (non-hydrogen) atoms. The fraction of sp³-hybridized carbons (Fsp3) is 0.100. The Balaban J connectivity index is 1.66. The van der Waals surface area contributed by atoms with Gasteiger partial charge in [0.2, 0.25) is 0 Å². The molecule has 100 valence electrons. The van der Waals surface area contributed by atoms with Crippen LogP contribution >= 0.6 is 0 Å². The Labute approximate surface area is 112 Å². The molecule has 0 saturated heterocycles. The van der Waals surface area contributed by atoms with E-state index in [4.69, 9.17) is 0 Å². The van der Waals surface area contributed by atoms with Gasteiger partial charge in [-0.05, 0) is 12.1 Å². The average molecular weight is 271 g/mol. The summed E-state index contributed by atoms with van der Waals surface area (Å²) in [4.78, 5) is 19.8. The first-order chi connectivity index (χ1) is 9.83. The molecule has 0 spiro atoms. The first-order valence-electron chi connectivity index (χ1n) is 5.64. The van der Waals surface area contributed by atoms with Gasteiger partial charge in [0, 0.05) is 6.20 Å². The van der Waals surface area contributed by atoms with E-state index in [9.17, 15) is 4.79 Å². The SMILES string of the molecule is O=C(NCc1nn[nH]n1)c1ccc(-n2cncn2)nc1. The molecule has 2 N–H and O–H groups in total. The van der Waals surface area contributed by atoms with Crippen LogP contribution in [0.3, 0.4) is 0 Å². The van der Waals surface area contributed by atoms with E-state index >= 15 is 0 Å². The fourth-order valence-corrected chi connectivity index (χ4v) is 1.50. The monoisotopic (exact) mass is 271 g/mol. The molecule has 3 rings (SSSR count). The molecule has 0 aromatic carbocycles. The van der Waals surface area contributed by atoms with E-state index in [1.165, 1.54) is 23.5 Å². The van der Waals surface area contributed by atoms with Crippen LogP contribution in [0.1, 0.15) is 16.2 Å². The summed E-state index contributed by atoms with van der Waals surface area (Å²) in [5.74, 6) is 0.718. The van der Waals surface area contributed by atoms with Gasteiger partial charge in [-0.25, -0.2) is 14.6 Å². The maximum atomic E-state index is 11.9. The summed E-state index contributed by atoms with van der Waals surface area (Å²) in [6.07, 6.45) is 4.40. The lowest BCUT2D eigenvalue weighted by Crippen LogP contribution is -2.23. The Hall–Kier alpha value is -3.17. The number of nitrogens with zero attached hydrogens (tertiary/aromatic N) is 7. The highest BCUT2D eigenvalue weighted by atomic mass is 16.1. The second-order valence-electron chi connectivity index (χ2n) is 3.76. The molecule has 0 bridgehead atoms. The molecule has 0 atom stereocenters. The molecule has 3 aromatic heterocycles. The molecule has 0 unspecified atom stereocenters. The molecule has 0 radical (unpaired) electrons. The minimum Gasteiger partial charge on any atom is -0.345 e. The predicted octanol–water partition coefficient (Wildman–Crippen LogP) is -0.895. The number of carbonyl (C=O) groups is 1. The molecule has 10 heteroatoms. The smallest absolute Gasteiger partial charge is 0.253 e. The topological polar surface area (TPSA) is 127 Å². The van der Waals surface area contributed by atoms with Gasteiger partial charge in [-0.2, -0.15) is 10.3 Å². The second kappa shape index (κ2) is 5.22. The quantitative estimate of drug-likeness (QED) is 0.629. The summed E-state index contributed by atoms with van der Waals surface area (Å²) in [6, 6.07) is 3.33. The summed E-state index contributed by atoms with van der Waals surface area (Å²) in [5.41, 5.74) is 0.428. The molecule has 0 saturated carbocycles. The van der Waals surface area contributed by atoms with E-state index < -0.39 is 0 Å². The molecular formula is C10H9N9O. The van der Waals surface area contributed by atoms with Crippen molar-refractivity contribution < 1.29 is 4.79 Å². The number of nitrogens with one attached hydrogen (secondary N) is 2. The van der Waals surface area contributed by atoms with Crippen LogP contribution in [0.15, 0.2) is 31.0 Å². The molecule has 3 aromatic rings. The van der Waals surface area contributed by atoms with Crippen LogP contribution in [0.2, 0.25) is 0 Å². The third-order valence-corrected chi connectivity index (χ3v) is 2.46. The maximum absolute atomic E-state index is 11.9. The Morgan fingerprint density at radius 3 is 3.00 bits per heavy atom. The highest BCUT2D eigenvalue weighted by Crippen LogP contribution is 2.04. The van der Waals surface area contributed by atoms with Gasteiger partial charge in [-0.1, -0.05) is 5.21 Å². The average Bonchev–Trinajstić information content (AvgIpc) is 3.18. The van der Waals surface area contributed by atoms with Crippen molar-refractivity contribution in [2.24, 2.45) is 0 Å². The summed E-state index contributed by atoms with van der Waals surface area (Å²) < 4.78 is 1.50. The molecule has 0 fully saturated rings. The lowest BCUT2D eigenvalue weighted by atomic mass is 10.2. The number of H-pyrrole nitrogens is 1. The van der Waals surface area contributed by atoms with Gasteiger partial charge in [0.05, 0.1) is 12.1 Å². The number of tetrazole rings is 1. The minimum absolute atomic E-state index is 0.195. The van der Waals surface area contributed by atoms with Crippen LogP contribution in [0.4, 0.5) is 0 Å². The predicted molar refractivity (Wildman–Crippen MR) is 64.5 cm³/mol. The van der Waals surface area contributed by atoms with Gasteiger partial charge in [-0.15, -0.1) is 10.2 Å². The highest BCUT2D eigenvalue weighted by Gasteiger charge is 2.08. The Morgan fingerprint density at radius 1 is 1.40 bits per heavy atom. The number of aromatic nitrogens is 8. The van der Waals surface area contributed by atoms with Gasteiger partial charge in [0.25, 0.3) is 5.91 Å². The van der Waals surface area contributed by atoms with Crippen molar-refractivity contribution in [3.63, 3.8) is 0 Å². The van der Waals surface area contributed by atoms with Crippen molar-refractivity contribution in [2.75, 3.05) is 0 Å². The van der Waals surface area contributed by atoms with Crippen LogP contribution in [-0.2, 0) is 6.54 Å². The van der Waals surface area contributed by atoms with Gasteiger partial charge in [0.15, 0.2) is 11.6 Å². The van der Waals surface area contributed by atoms with Crippen molar-refractivity contribution >= 4 is 5.91 Å². The Morgan fingerprint density at radius 2 is 2.35 bits per heavy atom. The Bertz CT molecular complexity index is 674. The molecule has 10 nitrogen and oxygen atoms in total. The summed E-state index contributed by atoms with van der Waals surface area (Å²) in [7, 11) is 0. The van der Waals surface area contributed by atoms with Gasteiger partial charge in [0.1, 0.15) is 12.7 Å². The summed E-state index contributed by atoms with van der Waals surface area (Å²) >= 11 is 0. The fourth-order valence-electron chi connectivity index (χ4n) is 1.50. The third kappa shape index (κ3) is 2.48. The number of amides is 1. The highest BCUT2D eigenvalue weighted by molar-refractivity contribution is 5.93. The van der Waals surface area contributed by atoms with Gasteiger partial charge >= 0.3 is 0 Å². The van der Waals surface area contributed by atoms with Gasteiger partial charge < -0.3 is 5.32 Å². The zero-order valence-corrected chi connectivity index (χ0v) is 10.1. The van der Waals surface area contributed by atoms with E-state index in [1.807, 2.05) is 0 Å². The van der Waals surface area contributed by atoms with E-state index in [1.54, 1.807) is 12.1 Å². The van der Waals surface area contributed by atoms with Crippen LogP contribution in [0.25, 0.3) is 5.82 Å². The Kier molecular flexibility index (Phi) is 3.10. The zero-order chi connectivity index (χ0) is 13.8. The first kappa shape index (κ1) is 11.9. The van der Waals surface area contributed by atoms with Crippen molar-refractivity contribution in [1.29, 1.82) is 0 Å². The number of pyridine rings is 1. The van der Waals surface area contributed by atoms with Crippen molar-refractivity contribution in [2.45, 2.75) is 6.54 Å². The van der Waals surface area contributed by atoms with Gasteiger partial charge in [-0.3, -0.25) is 4.79 Å². The molecule has 0 aliphatic rings. The molecule has 0 aliphatic carbocycles. The van der Waals surface area contributed by atoms with E-state index in [0.717, 1.165) is 0 Å². The number of aromatic amines is 1. The lowest BCUT2D eigenvalue weighted by Gasteiger charge is -2.03. The normalized spacial score (nSPS) is 10.4.